The van der Waals surface area contributed by atoms with Gasteiger partial charge >= 0.3 is 0 Å². The van der Waals surface area contributed by atoms with E-state index in [1.165, 1.54) is 19.3 Å². The topological polar surface area (TPSA) is 45.5 Å². The average molecular weight is 314 g/mol. The zero-order valence-corrected chi connectivity index (χ0v) is 14.0. The van der Waals surface area contributed by atoms with Crippen LogP contribution in [0.1, 0.15) is 43.5 Å². The van der Waals surface area contributed by atoms with Crippen LogP contribution in [0.2, 0.25) is 0 Å². The van der Waals surface area contributed by atoms with E-state index in [-0.39, 0.29) is 0 Å². The van der Waals surface area contributed by atoms with Crippen LogP contribution in [-0.2, 0) is 6.54 Å². The third-order valence-electron chi connectivity index (χ3n) is 5.15. The SMILES string of the molecule is C[C@@H]1CCC[C@@H](C)N1C[C@@H](O)Cn1cc(C=O)c2ccccc21. The van der Waals surface area contributed by atoms with E-state index in [4.69, 9.17) is 0 Å². The summed E-state index contributed by atoms with van der Waals surface area (Å²) < 4.78 is 2.00. The molecule has 23 heavy (non-hydrogen) atoms. The van der Waals surface area contributed by atoms with Gasteiger partial charge < -0.3 is 9.67 Å². The number of likely N-dealkylation sites (tertiary alicyclic amines) is 1. The second kappa shape index (κ2) is 6.85. The first-order valence-corrected chi connectivity index (χ1v) is 8.57. The Kier molecular flexibility index (Phi) is 4.83. The lowest BCUT2D eigenvalue weighted by molar-refractivity contribution is 0.0352. The normalized spacial score (nSPS) is 24.0. The lowest BCUT2D eigenvalue weighted by atomic mass is 9.97. The molecule has 3 rings (SSSR count). The first-order chi connectivity index (χ1) is 11.1. The highest BCUT2D eigenvalue weighted by atomic mass is 16.3. The molecule has 4 heteroatoms. The Balaban J connectivity index is 1.75. The fourth-order valence-corrected chi connectivity index (χ4v) is 3.88. The van der Waals surface area contributed by atoms with Crippen molar-refractivity contribution in [1.82, 2.24) is 9.47 Å². The number of aromatic nitrogens is 1. The molecule has 2 aromatic rings. The van der Waals surface area contributed by atoms with Crippen molar-refractivity contribution >= 4 is 17.2 Å². The number of fused-ring (bicyclic) bond motifs is 1. The first-order valence-electron chi connectivity index (χ1n) is 8.57. The number of para-hydroxylation sites is 1. The van der Waals surface area contributed by atoms with Crippen molar-refractivity contribution in [2.75, 3.05) is 6.54 Å². The molecule has 0 bridgehead atoms. The summed E-state index contributed by atoms with van der Waals surface area (Å²) in [7, 11) is 0. The minimum absolute atomic E-state index is 0.437. The van der Waals surface area contributed by atoms with E-state index in [0.29, 0.717) is 30.7 Å². The van der Waals surface area contributed by atoms with Gasteiger partial charge in [-0.05, 0) is 32.8 Å². The number of aldehydes is 1. The highest BCUT2D eigenvalue weighted by molar-refractivity contribution is 5.97. The number of aliphatic hydroxyl groups excluding tert-OH is 1. The summed E-state index contributed by atoms with van der Waals surface area (Å²) in [5, 5.41) is 11.5. The van der Waals surface area contributed by atoms with Crippen LogP contribution in [-0.4, -0.2) is 45.6 Å². The van der Waals surface area contributed by atoms with Gasteiger partial charge in [-0.2, -0.15) is 0 Å². The van der Waals surface area contributed by atoms with Crippen LogP contribution in [0, 0.1) is 0 Å². The fraction of sp³-hybridized carbons (Fsp3) is 0.526. The lowest BCUT2D eigenvalue weighted by Crippen LogP contribution is -2.47. The molecule has 1 fully saturated rings. The Morgan fingerprint density at radius 2 is 1.91 bits per heavy atom. The van der Waals surface area contributed by atoms with Gasteiger partial charge in [0, 0.05) is 47.8 Å². The van der Waals surface area contributed by atoms with Crippen molar-refractivity contribution in [1.29, 1.82) is 0 Å². The highest BCUT2D eigenvalue weighted by Gasteiger charge is 2.26. The van der Waals surface area contributed by atoms with E-state index in [1.807, 2.05) is 35.0 Å². The molecule has 1 saturated heterocycles. The monoisotopic (exact) mass is 314 g/mol. The van der Waals surface area contributed by atoms with Crippen LogP contribution in [0.4, 0.5) is 0 Å². The van der Waals surface area contributed by atoms with Crippen LogP contribution in [0.5, 0.6) is 0 Å². The predicted molar refractivity (Wildman–Crippen MR) is 92.8 cm³/mol. The minimum atomic E-state index is -0.437. The number of piperidine rings is 1. The van der Waals surface area contributed by atoms with Gasteiger partial charge in [0.05, 0.1) is 6.10 Å². The fourth-order valence-electron chi connectivity index (χ4n) is 3.88. The number of carbonyl (C=O) groups excluding carboxylic acids is 1. The molecule has 0 unspecified atom stereocenters. The molecule has 1 aliphatic rings. The summed E-state index contributed by atoms with van der Waals surface area (Å²) in [5.41, 5.74) is 1.70. The standard InChI is InChI=1S/C19H26N2O2/c1-14-6-5-7-15(2)21(14)12-17(23)11-20-10-16(13-22)18-8-3-4-9-19(18)20/h3-4,8-10,13-15,17,23H,5-7,11-12H2,1-2H3/t14-,15-,17+/m1/s1. The quantitative estimate of drug-likeness (QED) is 0.863. The molecule has 0 saturated carbocycles. The Morgan fingerprint density at radius 1 is 1.22 bits per heavy atom. The molecule has 0 spiro atoms. The summed E-state index contributed by atoms with van der Waals surface area (Å²) in [6.07, 6.45) is 6.00. The average Bonchev–Trinajstić information content (AvgIpc) is 2.89. The molecule has 1 aromatic heterocycles. The number of β-amino-alcohol motifs (C(OH)–C–C–N with tert-alkyl or cyclic N) is 1. The molecule has 0 amide bonds. The van der Waals surface area contributed by atoms with Crippen molar-refractivity contribution < 1.29 is 9.90 Å². The van der Waals surface area contributed by atoms with Gasteiger partial charge in [0.25, 0.3) is 0 Å². The number of nitrogens with zero attached hydrogens (tertiary/aromatic N) is 2. The summed E-state index contributed by atoms with van der Waals surface area (Å²) in [6, 6.07) is 8.92. The van der Waals surface area contributed by atoms with E-state index in [9.17, 15) is 9.90 Å². The van der Waals surface area contributed by atoms with Gasteiger partial charge in [-0.1, -0.05) is 24.6 Å². The molecule has 1 aliphatic heterocycles. The Hall–Kier alpha value is -1.65. The molecule has 3 atom stereocenters. The van der Waals surface area contributed by atoms with Gasteiger partial charge in [-0.3, -0.25) is 9.69 Å². The van der Waals surface area contributed by atoms with Crippen molar-refractivity contribution in [2.24, 2.45) is 0 Å². The van der Waals surface area contributed by atoms with Crippen molar-refractivity contribution in [2.45, 2.75) is 57.8 Å². The van der Waals surface area contributed by atoms with Crippen molar-refractivity contribution in [3.05, 3.63) is 36.0 Å². The lowest BCUT2D eigenvalue weighted by Gasteiger charge is -2.40. The van der Waals surface area contributed by atoms with Crippen LogP contribution < -0.4 is 0 Å². The smallest absolute Gasteiger partial charge is 0.152 e. The molecule has 1 aromatic carbocycles. The number of aliphatic hydroxyl groups is 1. The van der Waals surface area contributed by atoms with Crippen molar-refractivity contribution in [3.8, 4) is 0 Å². The molecular weight excluding hydrogens is 288 g/mol. The molecule has 4 nitrogen and oxygen atoms in total. The van der Waals surface area contributed by atoms with Gasteiger partial charge in [0.15, 0.2) is 6.29 Å². The third kappa shape index (κ3) is 3.33. The maximum Gasteiger partial charge on any atom is 0.152 e. The zero-order valence-electron chi connectivity index (χ0n) is 14.0. The number of rotatable bonds is 5. The summed E-state index contributed by atoms with van der Waals surface area (Å²) in [4.78, 5) is 13.7. The van der Waals surface area contributed by atoms with Crippen molar-refractivity contribution in [3.63, 3.8) is 0 Å². The third-order valence-corrected chi connectivity index (χ3v) is 5.15. The van der Waals surface area contributed by atoms with E-state index in [0.717, 1.165) is 17.2 Å². The van der Waals surface area contributed by atoms with Gasteiger partial charge in [0.1, 0.15) is 0 Å². The Morgan fingerprint density at radius 3 is 2.61 bits per heavy atom. The van der Waals surface area contributed by atoms with Crippen LogP contribution in [0.15, 0.2) is 30.5 Å². The minimum Gasteiger partial charge on any atom is -0.390 e. The molecular formula is C19H26N2O2. The van der Waals surface area contributed by atoms with Crippen LogP contribution in [0.25, 0.3) is 10.9 Å². The zero-order chi connectivity index (χ0) is 16.4. The van der Waals surface area contributed by atoms with Gasteiger partial charge in [0.2, 0.25) is 0 Å². The molecule has 0 aliphatic carbocycles. The highest BCUT2D eigenvalue weighted by Crippen LogP contribution is 2.24. The Bertz CT molecular complexity index is 669. The van der Waals surface area contributed by atoms with E-state index < -0.39 is 6.10 Å². The summed E-state index contributed by atoms with van der Waals surface area (Å²) in [5.74, 6) is 0. The van der Waals surface area contributed by atoms with Crippen LogP contribution >= 0.6 is 0 Å². The molecule has 1 N–H and O–H groups in total. The second-order valence-electron chi connectivity index (χ2n) is 6.85. The Labute approximate surface area is 137 Å². The maximum absolute atomic E-state index is 11.2. The van der Waals surface area contributed by atoms with Crippen LogP contribution in [0.3, 0.4) is 0 Å². The van der Waals surface area contributed by atoms with E-state index >= 15 is 0 Å². The van der Waals surface area contributed by atoms with E-state index in [2.05, 4.69) is 18.7 Å². The van der Waals surface area contributed by atoms with Gasteiger partial charge in [-0.25, -0.2) is 0 Å². The number of carbonyl (C=O) groups is 1. The molecule has 124 valence electrons. The number of hydrogen-bond acceptors (Lipinski definition) is 3. The molecule has 2 heterocycles. The van der Waals surface area contributed by atoms with E-state index in [1.54, 1.807) is 0 Å². The molecule has 0 radical (unpaired) electrons. The first kappa shape index (κ1) is 16.2. The summed E-state index contributed by atoms with van der Waals surface area (Å²) in [6.45, 7) is 5.70. The largest absolute Gasteiger partial charge is 0.390 e. The number of hydrogen-bond donors (Lipinski definition) is 1. The predicted octanol–water partition coefficient (Wildman–Crippen LogP) is 3.08. The second-order valence-corrected chi connectivity index (χ2v) is 6.85. The maximum atomic E-state index is 11.2. The number of benzene rings is 1. The van der Waals surface area contributed by atoms with Gasteiger partial charge in [-0.15, -0.1) is 0 Å². The summed E-state index contributed by atoms with van der Waals surface area (Å²) >= 11 is 0.